The molecule has 3 aromatic carbocycles. The summed E-state index contributed by atoms with van der Waals surface area (Å²) in [7, 11) is 0. The molecule has 2 aromatic heterocycles. The standard InChI is InChI=1S/C34H30O2/c1-19-20(2)30-24-14-12-22(28-10-8-16-36-28)18-26(24)34(5,6)32(30)31-29(19)23-13-11-21(27-9-7-15-35-27)17-25(23)33(31,3)4/h7-18H,1-6H3. The van der Waals surface area contributed by atoms with E-state index in [1.807, 2.05) is 24.3 Å². The van der Waals surface area contributed by atoms with Crippen LogP contribution in [0.2, 0.25) is 0 Å². The van der Waals surface area contributed by atoms with Gasteiger partial charge < -0.3 is 8.83 Å². The minimum absolute atomic E-state index is 0.126. The highest BCUT2D eigenvalue weighted by Gasteiger charge is 2.47. The predicted octanol–water partition coefficient (Wildman–Crippen LogP) is 9.44. The van der Waals surface area contributed by atoms with Crippen LogP contribution in [0.5, 0.6) is 0 Å². The zero-order valence-electron chi connectivity index (χ0n) is 21.7. The molecule has 0 amide bonds. The Bertz CT molecular complexity index is 1550. The molecule has 0 unspecified atom stereocenters. The molecule has 0 atom stereocenters. The highest BCUT2D eigenvalue weighted by molar-refractivity contribution is 5.96. The summed E-state index contributed by atoms with van der Waals surface area (Å²) < 4.78 is 11.5. The van der Waals surface area contributed by atoms with Gasteiger partial charge in [-0.2, -0.15) is 0 Å². The molecular weight excluding hydrogens is 440 g/mol. The van der Waals surface area contributed by atoms with Crippen molar-refractivity contribution >= 4 is 0 Å². The monoisotopic (exact) mass is 470 g/mol. The summed E-state index contributed by atoms with van der Waals surface area (Å²) >= 11 is 0. The second-order valence-electron chi connectivity index (χ2n) is 11.5. The molecule has 2 nitrogen and oxygen atoms in total. The number of benzene rings is 3. The van der Waals surface area contributed by atoms with Gasteiger partial charge in [0, 0.05) is 22.0 Å². The fourth-order valence-corrected chi connectivity index (χ4v) is 6.94. The van der Waals surface area contributed by atoms with Gasteiger partial charge in [0.15, 0.2) is 0 Å². The highest BCUT2D eigenvalue weighted by atomic mass is 16.3. The van der Waals surface area contributed by atoms with E-state index in [1.165, 1.54) is 55.6 Å². The van der Waals surface area contributed by atoms with E-state index in [2.05, 4.69) is 77.9 Å². The molecule has 2 heteroatoms. The van der Waals surface area contributed by atoms with Gasteiger partial charge in [0.05, 0.1) is 12.5 Å². The average Bonchev–Trinajstić information content (AvgIpc) is 3.64. The lowest BCUT2D eigenvalue weighted by molar-refractivity contribution is 0.580. The first kappa shape index (κ1) is 21.5. The Labute approximate surface area is 212 Å². The largest absolute Gasteiger partial charge is 0.464 e. The first-order valence-corrected chi connectivity index (χ1v) is 12.8. The van der Waals surface area contributed by atoms with Crippen LogP contribution < -0.4 is 0 Å². The lowest BCUT2D eigenvalue weighted by atomic mass is 9.71. The normalized spacial score (nSPS) is 15.9. The molecule has 2 aliphatic carbocycles. The van der Waals surface area contributed by atoms with Crippen molar-refractivity contribution in [1.29, 1.82) is 0 Å². The number of rotatable bonds is 2. The second kappa shape index (κ2) is 6.91. The van der Waals surface area contributed by atoms with Crippen molar-refractivity contribution in [1.82, 2.24) is 0 Å². The van der Waals surface area contributed by atoms with E-state index in [-0.39, 0.29) is 10.8 Å². The minimum Gasteiger partial charge on any atom is -0.464 e. The zero-order valence-corrected chi connectivity index (χ0v) is 21.7. The molecule has 0 aliphatic heterocycles. The molecule has 2 heterocycles. The summed E-state index contributed by atoms with van der Waals surface area (Å²) in [4.78, 5) is 0. The van der Waals surface area contributed by atoms with E-state index in [4.69, 9.17) is 8.83 Å². The molecular formula is C34H30O2. The molecule has 2 aliphatic rings. The second-order valence-corrected chi connectivity index (χ2v) is 11.5. The van der Waals surface area contributed by atoms with Crippen molar-refractivity contribution in [2.75, 3.05) is 0 Å². The molecule has 0 saturated heterocycles. The van der Waals surface area contributed by atoms with Gasteiger partial charge in [-0.3, -0.25) is 0 Å². The summed E-state index contributed by atoms with van der Waals surface area (Å²) in [5.74, 6) is 1.83. The van der Waals surface area contributed by atoms with Crippen LogP contribution in [-0.2, 0) is 10.8 Å². The van der Waals surface area contributed by atoms with Crippen LogP contribution in [0.25, 0.3) is 44.9 Å². The molecule has 36 heavy (non-hydrogen) atoms. The van der Waals surface area contributed by atoms with Crippen molar-refractivity contribution < 1.29 is 8.83 Å². The first-order chi connectivity index (χ1) is 17.2. The van der Waals surface area contributed by atoms with Gasteiger partial charge in [0.25, 0.3) is 0 Å². The maximum Gasteiger partial charge on any atom is 0.133 e. The Morgan fingerprint density at radius 1 is 0.556 bits per heavy atom. The Morgan fingerprint density at radius 3 is 1.33 bits per heavy atom. The molecule has 0 N–H and O–H groups in total. The molecule has 7 rings (SSSR count). The maximum absolute atomic E-state index is 5.75. The third kappa shape index (κ3) is 2.57. The van der Waals surface area contributed by atoms with E-state index >= 15 is 0 Å². The third-order valence-corrected chi connectivity index (χ3v) is 8.85. The molecule has 0 radical (unpaired) electrons. The van der Waals surface area contributed by atoms with E-state index in [9.17, 15) is 0 Å². The van der Waals surface area contributed by atoms with Crippen LogP contribution in [-0.4, -0.2) is 0 Å². The summed E-state index contributed by atoms with van der Waals surface area (Å²) in [6.07, 6.45) is 3.50. The van der Waals surface area contributed by atoms with Gasteiger partial charge in [0.1, 0.15) is 11.5 Å². The highest BCUT2D eigenvalue weighted by Crippen LogP contribution is 2.61. The summed E-state index contributed by atoms with van der Waals surface area (Å²) in [5, 5.41) is 0. The third-order valence-electron chi connectivity index (χ3n) is 8.85. The van der Waals surface area contributed by atoms with Gasteiger partial charge >= 0.3 is 0 Å². The Hall–Kier alpha value is -3.78. The van der Waals surface area contributed by atoms with E-state index in [1.54, 1.807) is 12.5 Å². The van der Waals surface area contributed by atoms with Gasteiger partial charge in [-0.25, -0.2) is 0 Å². The fourth-order valence-electron chi connectivity index (χ4n) is 6.94. The molecule has 0 spiro atoms. The zero-order chi connectivity index (χ0) is 25.0. The molecule has 178 valence electrons. The topological polar surface area (TPSA) is 26.3 Å². The summed E-state index contributed by atoms with van der Waals surface area (Å²) in [6.45, 7) is 14.2. The van der Waals surface area contributed by atoms with Crippen LogP contribution in [0.3, 0.4) is 0 Å². The van der Waals surface area contributed by atoms with Gasteiger partial charge in [-0.05, 0) is 106 Å². The first-order valence-electron chi connectivity index (χ1n) is 12.8. The van der Waals surface area contributed by atoms with Crippen molar-refractivity contribution in [3.8, 4) is 44.9 Å². The van der Waals surface area contributed by atoms with Crippen LogP contribution in [0, 0.1) is 13.8 Å². The van der Waals surface area contributed by atoms with Crippen LogP contribution in [0.1, 0.15) is 61.1 Å². The van der Waals surface area contributed by atoms with Crippen molar-refractivity contribution in [2.45, 2.75) is 52.4 Å². The smallest absolute Gasteiger partial charge is 0.133 e. The van der Waals surface area contributed by atoms with Crippen LogP contribution >= 0.6 is 0 Å². The summed E-state index contributed by atoms with van der Waals surface area (Å²) in [6, 6.07) is 21.7. The van der Waals surface area contributed by atoms with E-state index in [0.717, 1.165) is 22.6 Å². The quantitative estimate of drug-likeness (QED) is 0.257. The average molecular weight is 471 g/mol. The SMILES string of the molecule is Cc1c(C)c2c(c3c1-c1ccc(-c4ccco4)cc1C3(C)C)C(C)(C)c1cc(-c3ccco3)ccc1-2. The predicted molar refractivity (Wildman–Crippen MR) is 146 cm³/mol. The summed E-state index contributed by atoms with van der Waals surface area (Å²) in [5.41, 5.74) is 16.1. The lowest BCUT2D eigenvalue weighted by Crippen LogP contribution is -2.24. The molecule has 0 fully saturated rings. The Morgan fingerprint density at radius 2 is 0.972 bits per heavy atom. The van der Waals surface area contributed by atoms with E-state index in [0.29, 0.717) is 0 Å². The van der Waals surface area contributed by atoms with Crippen molar-refractivity contribution in [2.24, 2.45) is 0 Å². The van der Waals surface area contributed by atoms with Crippen molar-refractivity contribution in [3.63, 3.8) is 0 Å². The van der Waals surface area contributed by atoms with Gasteiger partial charge in [-0.1, -0.05) is 52.0 Å². The van der Waals surface area contributed by atoms with Crippen LogP contribution in [0.4, 0.5) is 0 Å². The molecule has 0 bridgehead atoms. The number of hydrogen-bond acceptors (Lipinski definition) is 2. The number of fused-ring (bicyclic) bond motifs is 7. The van der Waals surface area contributed by atoms with Crippen LogP contribution in [0.15, 0.2) is 82.0 Å². The Kier molecular flexibility index (Phi) is 4.13. The molecule has 0 saturated carbocycles. The van der Waals surface area contributed by atoms with Gasteiger partial charge in [0.2, 0.25) is 0 Å². The van der Waals surface area contributed by atoms with Gasteiger partial charge in [-0.15, -0.1) is 0 Å². The lowest BCUT2D eigenvalue weighted by Gasteiger charge is -2.32. The Balaban J connectivity index is 1.51. The van der Waals surface area contributed by atoms with Crippen molar-refractivity contribution in [3.05, 3.63) is 107 Å². The minimum atomic E-state index is -0.126. The maximum atomic E-state index is 5.75. The number of hydrogen-bond donors (Lipinski definition) is 0. The molecule has 5 aromatic rings. The fraction of sp³-hybridized carbons (Fsp3) is 0.235. The van der Waals surface area contributed by atoms with E-state index < -0.39 is 0 Å². The number of furan rings is 2.